The first-order valence-electron chi connectivity index (χ1n) is 12.6. The summed E-state index contributed by atoms with van der Waals surface area (Å²) in [5.41, 5.74) is 0.912. The van der Waals surface area contributed by atoms with Crippen LogP contribution in [0.3, 0.4) is 0 Å². The van der Waals surface area contributed by atoms with Crippen molar-refractivity contribution in [3.05, 3.63) is 50.4 Å². The van der Waals surface area contributed by atoms with Crippen molar-refractivity contribution in [1.82, 2.24) is 28.5 Å². The Morgan fingerprint density at radius 3 is 2.46 bits per heavy atom. The summed E-state index contributed by atoms with van der Waals surface area (Å²) >= 11 is 0. The van der Waals surface area contributed by atoms with Gasteiger partial charge in [-0.25, -0.2) is 9.78 Å². The molecule has 0 spiro atoms. The lowest BCUT2D eigenvalue weighted by molar-refractivity contribution is -0.142. The minimum atomic E-state index is -0.652. The van der Waals surface area contributed by atoms with E-state index in [1.807, 2.05) is 37.1 Å². The Kier molecular flexibility index (Phi) is 6.63. The molecule has 3 aromatic rings. The molecule has 0 aliphatic carbocycles. The fraction of sp³-hybridized carbons (Fsp3) is 0.462. The summed E-state index contributed by atoms with van der Waals surface area (Å²) in [5, 5.41) is 0. The number of carbonyl (C=O) groups is 1. The minimum absolute atomic E-state index is 0.0442. The molecule has 5 rings (SSSR count). The van der Waals surface area contributed by atoms with E-state index in [2.05, 4.69) is 9.88 Å². The second-order valence-corrected chi connectivity index (χ2v) is 9.36. The average molecular weight is 509 g/mol. The molecule has 2 aromatic heterocycles. The van der Waals surface area contributed by atoms with E-state index in [-0.39, 0.29) is 23.8 Å². The number of aromatic nitrogens is 4. The maximum Gasteiger partial charge on any atom is 0.332 e. The van der Waals surface area contributed by atoms with Crippen LogP contribution in [0.5, 0.6) is 11.5 Å². The van der Waals surface area contributed by atoms with Gasteiger partial charge < -0.3 is 23.8 Å². The van der Waals surface area contributed by atoms with Gasteiger partial charge in [0.15, 0.2) is 22.7 Å². The van der Waals surface area contributed by atoms with Gasteiger partial charge in [-0.05, 0) is 44.7 Å². The second kappa shape index (κ2) is 9.89. The molecular formula is C26H32N6O5. The Hall–Kier alpha value is -3.86. The van der Waals surface area contributed by atoms with Crippen LogP contribution in [0.2, 0.25) is 0 Å². The highest BCUT2D eigenvalue weighted by Gasteiger charge is 2.32. The first-order valence-corrected chi connectivity index (χ1v) is 12.6. The molecule has 2 aliphatic heterocycles. The van der Waals surface area contributed by atoms with Gasteiger partial charge in [0.2, 0.25) is 6.10 Å². The Morgan fingerprint density at radius 1 is 1.03 bits per heavy atom. The smallest absolute Gasteiger partial charge is 0.332 e. The first kappa shape index (κ1) is 24.8. The number of aryl methyl sites for hydroxylation is 2. The standard InChI is InChI=1S/C26H32N6O5/c1-5-31-23-22(25(34)32(6-2)26(31)35)29(4)21(27-23)10-8-17-7-9-18-19(15-17)36-16-20(37-18)24(33)30-13-11-28(3)12-14-30/h7-10,15,20H,5-6,11-14,16H2,1-4H3/b10-8+. The van der Waals surface area contributed by atoms with Crippen molar-refractivity contribution in [2.45, 2.75) is 33.0 Å². The van der Waals surface area contributed by atoms with Gasteiger partial charge >= 0.3 is 5.69 Å². The molecular weight excluding hydrogens is 476 g/mol. The molecule has 1 atom stereocenters. The molecule has 37 heavy (non-hydrogen) atoms. The molecule has 0 radical (unpaired) electrons. The zero-order chi connectivity index (χ0) is 26.3. The molecule has 2 aliphatic rings. The van der Waals surface area contributed by atoms with Crippen LogP contribution in [0.4, 0.5) is 0 Å². The van der Waals surface area contributed by atoms with Gasteiger partial charge in [0, 0.05) is 46.3 Å². The number of hydrogen-bond donors (Lipinski definition) is 0. The van der Waals surface area contributed by atoms with Gasteiger partial charge in [-0.3, -0.25) is 18.7 Å². The molecule has 1 saturated heterocycles. The van der Waals surface area contributed by atoms with E-state index in [1.54, 1.807) is 30.7 Å². The molecule has 4 heterocycles. The third-order valence-corrected chi connectivity index (χ3v) is 7.05. The maximum atomic E-state index is 12.9. The molecule has 1 fully saturated rings. The largest absolute Gasteiger partial charge is 0.485 e. The fourth-order valence-corrected chi connectivity index (χ4v) is 4.81. The monoisotopic (exact) mass is 508 g/mol. The number of likely N-dealkylation sites (N-methyl/N-ethyl adjacent to an activating group) is 1. The van der Waals surface area contributed by atoms with Crippen molar-refractivity contribution in [2.75, 3.05) is 39.8 Å². The van der Waals surface area contributed by atoms with E-state index in [9.17, 15) is 14.4 Å². The van der Waals surface area contributed by atoms with Crippen LogP contribution in [0.1, 0.15) is 25.2 Å². The van der Waals surface area contributed by atoms with Gasteiger partial charge in [-0.2, -0.15) is 0 Å². The molecule has 0 saturated carbocycles. The summed E-state index contributed by atoms with van der Waals surface area (Å²) in [4.78, 5) is 47.1. The van der Waals surface area contributed by atoms with E-state index >= 15 is 0 Å². The molecule has 1 amide bonds. The van der Waals surface area contributed by atoms with E-state index in [0.29, 0.717) is 54.7 Å². The zero-order valence-electron chi connectivity index (χ0n) is 21.6. The normalized spacial score (nSPS) is 18.2. The number of benzene rings is 1. The number of hydrogen-bond acceptors (Lipinski definition) is 7. The highest BCUT2D eigenvalue weighted by Crippen LogP contribution is 2.33. The quantitative estimate of drug-likeness (QED) is 0.507. The van der Waals surface area contributed by atoms with Crippen molar-refractivity contribution >= 4 is 29.2 Å². The lowest BCUT2D eigenvalue weighted by Crippen LogP contribution is -2.53. The number of amides is 1. The van der Waals surface area contributed by atoms with Crippen LogP contribution in [0, 0.1) is 0 Å². The second-order valence-electron chi connectivity index (χ2n) is 9.36. The predicted octanol–water partition coefficient (Wildman–Crippen LogP) is 1.02. The zero-order valence-corrected chi connectivity index (χ0v) is 21.6. The number of rotatable bonds is 5. The van der Waals surface area contributed by atoms with Gasteiger partial charge in [-0.1, -0.05) is 12.1 Å². The predicted molar refractivity (Wildman–Crippen MR) is 140 cm³/mol. The molecule has 0 N–H and O–H groups in total. The third-order valence-electron chi connectivity index (χ3n) is 7.05. The summed E-state index contributed by atoms with van der Waals surface area (Å²) in [7, 11) is 3.81. The van der Waals surface area contributed by atoms with E-state index < -0.39 is 6.10 Å². The Bertz CT molecular complexity index is 1490. The number of imidazole rings is 1. The number of fused-ring (bicyclic) bond motifs is 2. The van der Waals surface area contributed by atoms with Crippen LogP contribution in [-0.4, -0.2) is 80.3 Å². The summed E-state index contributed by atoms with van der Waals surface area (Å²) in [6.45, 7) is 7.58. The summed E-state index contributed by atoms with van der Waals surface area (Å²) < 4.78 is 16.3. The molecule has 1 unspecified atom stereocenters. The topological polar surface area (TPSA) is 104 Å². The van der Waals surface area contributed by atoms with Gasteiger partial charge in [0.25, 0.3) is 11.5 Å². The summed E-state index contributed by atoms with van der Waals surface area (Å²) in [6.07, 6.45) is 3.00. The molecule has 0 bridgehead atoms. The van der Waals surface area contributed by atoms with Crippen molar-refractivity contribution in [3.63, 3.8) is 0 Å². The highest BCUT2D eigenvalue weighted by atomic mass is 16.6. The lowest BCUT2D eigenvalue weighted by Gasteiger charge is -2.35. The average Bonchev–Trinajstić information content (AvgIpc) is 3.23. The number of nitrogens with zero attached hydrogens (tertiary/aromatic N) is 6. The van der Waals surface area contributed by atoms with E-state index in [0.717, 1.165) is 18.7 Å². The number of piperazine rings is 1. The van der Waals surface area contributed by atoms with Crippen molar-refractivity contribution in [1.29, 1.82) is 0 Å². The Morgan fingerprint density at radius 2 is 1.76 bits per heavy atom. The van der Waals surface area contributed by atoms with Crippen LogP contribution in [-0.2, 0) is 24.9 Å². The van der Waals surface area contributed by atoms with Crippen molar-refractivity contribution in [3.8, 4) is 11.5 Å². The van der Waals surface area contributed by atoms with Crippen molar-refractivity contribution in [2.24, 2.45) is 7.05 Å². The molecule has 196 valence electrons. The van der Waals surface area contributed by atoms with Gasteiger partial charge in [0.1, 0.15) is 12.4 Å². The Labute approximate surface area is 214 Å². The summed E-state index contributed by atoms with van der Waals surface area (Å²) in [6, 6.07) is 5.51. The highest BCUT2D eigenvalue weighted by molar-refractivity contribution is 5.82. The van der Waals surface area contributed by atoms with Crippen LogP contribution in [0.15, 0.2) is 27.8 Å². The SMILES string of the molecule is CCn1c(=O)c2c(nc(/C=C/c3ccc4c(c3)OCC(C(=O)N3CCN(C)CC3)O4)n2C)n(CC)c1=O. The number of ether oxygens (including phenoxy) is 2. The lowest BCUT2D eigenvalue weighted by atomic mass is 10.1. The van der Waals surface area contributed by atoms with E-state index in [4.69, 9.17) is 9.47 Å². The van der Waals surface area contributed by atoms with Gasteiger partial charge in [-0.15, -0.1) is 0 Å². The van der Waals surface area contributed by atoms with Crippen molar-refractivity contribution < 1.29 is 14.3 Å². The van der Waals surface area contributed by atoms with Crippen LogP contribution < -0.4 is 20.7 Å². The first-order chi connectivity index (χ1) is 17.8. The molecule has 11 heteroatoms. The maximum absolute atomic E-state index is 12.9. The molecule has 11 nitrogen and oxygen atoms in total. The van der Waals surface area contributed by atoms with Gasteiger partial charge in [0.05, 0.1) is 0 Å². The molecule has 1 aromatic carbocycles. The van der Waals surface area contributed by atoms with E-state index in [1.165, 1.54) is 9.13 Å². The third kappa shape index (κ3) is 4.43. The van der Waals surface area contributed by atoms with Crippen LogP contribution >= 0.6 is 0 Å². The Balaban J connectivity index is 1.37. The summed E-state index contributed by atoms with van der Waals surface area (Å²) in [5.74, 6) is 1.61. The number of carbonyl (C=O) groups excluding carboxylic acids is 1. The fourth-order valence-electron chi connectivity index (χ4n) is 4.81. The van der Waals surface area contributed by atoms with Crippen LogP contribution in [0.25, 0.3) is 23.3 Å². The minimum Gasteiger partial charge on any atom is -0.485 e.